The van der Waals surface area contributed by atoms with Crippen LogP contribution < -0.4 is 5.32 Å². The second-order valence-corrected chi connectivity index (χ2v) is 9.88. The number of anilines is 1. The average Bonchev–Trinajstić information content (AvgIpc) is 3.47. The van der Waals surface area contributed by atoms with Crippen molar-refractivity contribution in [2.24, 2.45) is 0 Å². The molecule has 7 nitrogen and oxygen atoms in total. The molecule has 0 atom stereocenters. The molecule has 0 aromatic carbocycles. The van der Waals surface area contributed by atoms with Gasteiger partial charge in [-0.2, -0.15) is 0 Å². The van der Waals surface area contributed by atoms with Gasteiger partial charge < -0.3 is 14.8 Å². The lowest BCUT2D eigenvalue weighted by molar-refractivity contribution is -0.142. The molecular formula is C20H20N2O5S4. The SMILES string of the molecule is CCOC(=O)Cc1csc(SCC(=O)Nc2scc(-c3cccs3)c2C(=O)OCC)n1. The summed E-state index contributed by atoms with van der Waals surface area (Å²) in [6, 6.07) is 3.83. The first kappa shape index (κ1) is 23.5. The molecule has 1 amide bonds. The van der Waals surface area contributed by atoms with Crippen molar-refractivity contribution >= 4 is 68.6 Å². The summed E-state index contributed by atoms with van der Waals surface area (Å²) in [7, 11) is 0. The lowest BCUT2D eigenvalue weighted by Gasteiger charge is -2.07. The third kappa shape index (κ3) is 6.39. The predicted molar refractivity (Wildman–Crippen MR) is 125 cm³/mol. The number of amides is 1. The minimum absolute atomic E-state index is 0.112. The summed E-state index contributed by atoms with van der Waals surface area (Å²) in [6.07, 6.45) is 0.112. The molecule has 31 heavy (non-hydrogen) atoms. The lowest BCUT2D eigenvalue weighted by Crippen LogP contribution is -2.16. The minimum Gasteiger partial charge on any atom is -0.466 e. The zero-order valence-electron chi connectivity index (χ0n) is 16.8. The summed E-state index contributed by atoms with van der Waals surface area (Å²) in [6.45, 7) is 4.08. The third-order valence-electron chi connectivity index (χ3n) is 3.80. The fourth-order valence-electron chi connectivity index (χ4n) is 2.55. The van der Waals surface area contributed by atoms with Crippen LogP contribution in [0.15, 0.2) is 32.6 Å². The maximum atomic E-state index is 12.5. The van der Waals surface area contributed by atoms with Crippen LogP contribution in [0.2, 0.25) is 0 Å². The quantitative estimate of drug-likeness (QED) is 0.314. The van der Waals surface area contributed by atoms with Gasteiger partial charge in [0.2, 0.25) is 5.91 Å². The van der Waals surface area contributed by atoms with Crippen molar-refractivity contribution < 1.29 is 23.9 Å². The fraction of sp³-hybridized carbons (Fsp3) is 0.300. The molecule has 0 aliphatic heterocycles. The van der Waals surface area contributed by atoms with Crippen LogP contribution in [-0.4, -0.2) is 41.8 Å². The van der Waals surface area contributed by atoms with Gasteiger partial charge in [0.05, 0.1) is 31.1 Å². The Morgan fingerprint density at radius 3 is 2.61 bits per heavy atom. The van der Waals surface area contributed by atoms with Crippen LogP contribution in [0.3, 0.4) is 0 Å². The lowest BCUT2D eigenvalue weighted by atomic mass is 10.1. The molecule has 3 aromatic rings. The Labute approximate surface area is 195 Å². The summed E-state index contributed by atoms with van der Waals surface area (Å²) < 4.78 is 10.8. The van der Waals surface area contributed by atoms with Crippen molar-refractivity contribution in [1.29, 1.82) is 0 Å². The molecular weight excluding hydrogens is 476 g/mol. The van der Waals surface area contributed by atoms with E-state index in [1.54, 1.807) is 19.2 Å². The molecule has 3 aromatic heterocycles. The highest BCUT2D eigenvalue weighted by atomic mass is 32.2. The maximum Gasteiger partial charge on any atom is 0.341 e. The van der Waals surface area contributed by atoms with Gasteiger partial charge in [0.15, 0.2) is 4.34 Å². The smallest absolute Gasteiger partial charge is 0.341 e. The molecule has 0 aliphatic carbocycles. The number of thiophene rings is 2. The van der Waals surface area contributed by atoms with Crippen LogP contribution in [-0.2, 0) is 25.5 Å². The first-order chi connectivity index (χ1) is 15.0. The second kappa shape index (κ2) is 11.4. The first-order valence-electron chi connectivity index (χ1n) is 9.37. The normalized spacial score (nSPS) is 10.6. The Hall–Kier alpha value is -2.21. The Balaban J connectivity index is 1.64. The number of hydrogen-bond acceptors (Lipinski definition) is 10. The van der Waals surface area contributed by atoms with Crippen LogP contribution in [0.4, 0.5) is 5.00 Å². The molecule has 0 saturated heterocycles. The topological polar surface area (TPSA) is 94.6 Å². The van der Waals surface area contributed by atoms with Gasteiger partial charge in [-0.25, -0.2) is 9.78 Å². The zero-order valence-corrected chi connectivity index (χ0v) is 20.1. The zero-order chi connectivity index (χ0) is 22.2. The number of carbonyl (C=O) groups is 3. The van der Waals surface area contributed by atoms with Crippen molar-refractivity contribution in [1.82, 2.24) is 4.98 Å². The van der Waals surface area contributed by atoms with E-state index in [4.69, 9.17) is 9.47 Å². The molecule has 0 aliphatic rings. The number of esters is 2. The van der Waals surface area contributed by atoms with Gasteiger partial charge in [0, 0.05) is 21.2 Å². The number of aromatic nitrogens is 1. The van der Waals surface area contributed by atoms with Gasteiger partial charge >= 0.3 is 11.9 Å². The molecule has 11 heteroatoms. The number of carbonyl (C=O) groups excluding carboxylic acids is 3. The van der Waals surface area contributed by atoms with E-state index in [0.717, 1.165) is 10.4 Å². The summed E-state index contributed by atoms with van der Waals surface area (Å²) in [4.78, 5) is 41.9. The molecule has 0 saturated carbocycles. The Morgan fingerprint density at radius 2 is 1.90 bits per heavy atom. The number of hydrogen-bond donors (Lipinski definition) is 1. The predicted octanol–water partition coefficient (Wildman–Crippen LogP) is 4.95. The van der Waals surface area contributed by atoms with E-state index in [1.165, 1.54) is 45.8 Å². The van der Waals surface area contributed by atoms with Gasteiger partial charge in [-0.15, -0.1) is 34.0 Å². The number of ether oxygens (including phenoxy) is 2. The van der Waals surface area contributed by atoms with E-state index in [2.05, 4.69) is 10.3 Å². The van der Waals surface area contributed by atoms with Crippen LogP contribution in [0.5, 0.6) is 0 Å². The highest BCUT2D eigenvalue weighted by Gasteiger charge is 2.23. The van der Waals surface area contributed by atoms with Gasteiger partial charge in [0.25, 0.3) is 0 Å². The molecule has 0 unspecified atom stereocenters. The summed E-state index contributed by atoms with van der Waals surface area (Å²) in [5, 5.41) is 8.85. The number of thiazole rings is 1. The van der Waals surface area contributed by atoms with Gasteiger partial charge in [-0.05, 0) is 25.3 Å². The van der Waals surface area contributed by atoms with Crippen molar-refractivity contribution in [2.75, 3.05) is 24.3 Å². The minimum atomic E-state index is -0.460. The fourth-order valence-corrected chi connectivity index (χ4v) is 5.99. The van der Waals surface area contributed by atoms with E-state index in [0.29, 0.717) is 27.2 Å². The monoisotopic (exact) mass is 496 g/mol. The Bertz CT molecular complexity index is 1040. The van der Waals surface area contributed by atoms with Crippen LogP contribution in [0.1, 0.15) is 29.9 Å². The highest BCUT2D eigenvalue weighted by molar-refractivity contribution is 8.01. The van der Waals surface area contributed by atoms with Gasteiger partial charge in [0.1, 0.15) is 10.6 Å². The summed E-state index contributed by atoms with van der Waals surface area (Å²) in [5.41, 5.74) is 1.75. The number of rotatable bonds is 10. The van der Waals surface area contributed by atoms with Crippen LogP contribution >= 0.6 is 45.8 Å². The number of nitrogens with zero attached hydrogens (tertiary/aromatic N) is 1. The van der Waals surface area contributed by atoms with E-state index >= 15 is 0 Å². The van der Waals surface area contributed by atoms with Gasteiger partial charge in [-0.3, -0.25) is 9.59 Å². The maximum absolute atomic E-state index is 12.5. The van der Waals surface area contributed by atoms with Crippen molar-refractivity contribution in [3.8, 4) is 10.4 Å². The first-order valence-corrected chi connectivity index (χ1v) is 13.0. The van der Waals surface area contributed by atoms with Crippen molar-refractivity contribution in [3.63, 3.8) is 0 Å². The van der Waals surface area contributed by atoms with E-state index in [-0.39, 0.29) is 30.7 Å². The van der Waals surface area contributed by atoms with Crippen molar-refractivity contribution in [3.05, 3.63) is 39.5 Å². The van der Waals surface area contributed by atoms with Gasteiger partial charge in [-0.1, -0.05) is 17.8 Å². The average molecular weight is 497 g/mol. The number of thioether (sulfide) groups is 1. The van der Waals surface area contributed by atoms with E-state index in [1.807, 2.05) is 22.9 Å². The Kier molecular flexibility index (Phi) is 8.64. The number of nitrogens with one attached hydrogen (secondary N) is 1. The van der Waals surface area contributed by atoms with E-state index in [9.17, 15) is 14.4 Å². The third-order valence-corrected chi connectivity index (χ3v) is 7.67. The highest BCUT2D eigenvalue weighted by Crippen LogP contribution is 2.38. The molecule has 3 rings (SSSR count). The van der Waals surface area contributed by atoms with Crippen LogP contribution in [0, 0.1) is 0 Å². The summed E-state index contributed by atoms with van der Waals surface area (Å²) in [5.74, 6) is -0.912. The van der Waals surface area contributed by atoms with Crippen LogP contribution in [0.25, 0.3) is 10.4 Å². The molecule has 3 heterocycles. The molecule has 0 spiro atoms. The Morgan fingerprint density at radius 1 is 1.10 bits per heavy atom. The largest absolute Gasteiger partial charge is 0.466 e. The molecule has 0 radical (unpaired) electrons. The molecule has 0 bridgehead atoms. The summed E-state index contributed by atoms with van der Waals surface area (Å²) >= 11 is 5.45. The van der Waals surface area contributed by atoms with Crippen molar-refractivity contribution in [2.45, 2.75) is 24.6 Å². The molecule has 164 valence electrons. The molecule has 1 N–H and O–H groups in total. The standard InChI is InChI=1S/C20H20N2O5S4/c1-3-26-16(24)8-12-9-30-20(21-12)31-11-15(23)22-18-17(19(25)27-4-2)13(10-29-18)14-6-5-7-28-14/h5-7,9-10H,3-4,8,11H2,1-2H3,(H,22,23). The molecule has 0 fully saturated rings. The second-order valence-electron chi connectivity index (χ2n) is 5.97. The van der Waals surface area contributed by atoms with E-state index < -0.39 is 5.97 Å².